The molecule has 0 atom stereocenters. The van der Waals surface area contributed by atoms with Crippen LogP contribution in [0.3, 0.4) is 0 Å². The number of carbonyl (C=O) groups is 2. The van der Waals surface area contributed by atoms with Gasteiger partial charge in [0.15, 0.2) is 0 Å². The van der Waals surface area contributed by atoms with E-state index in [1.54, 1.807) is 11.0 Å². The van der Waals surface area contributed by atoms with Crippen LogP contribution in [-0.4, -0.2) is 36.5 Å². The molecule has 132 valence electrons. The summed E-state index contributed by atoms with van der Waals surface area (Å²) in [6.07, 6.45) is 5.02. The number of rotatable bonds is 6. The Balaban J connectivity index is 1.84. The fraction of sp³-hybridized carbons (Fsp3) is 0.579. The van der Waals surface area contributed by atoms with Gasteiger partial charge in [0.2, 0.25) is 0 Å². The summed E-state index contributed by atoms with van der Waals surface area (Å²) >= 11 is 0. The average molecular weight is 331 g/mol. The summed E-state index contributed by atoms with van der Waals surface area (Å²) in [6.45, 7) is 5.11. The Morgan fingerprint density at radius 1 is 1.25 bits per heavy atom. The third kappa shape index (κ3) is 5.55. The Morgan fingerprint density at radius 3 is 2.62 bits per heavy atom. The third-order valence-electron chi connectivity index (χ3n) is 4.41. The van der Waals surface area contributed by atoms with E-state index in [4.69, 9.17) is 0 Å². The molecule has 0 saturated heterocycles. The Morgan fingerprint density at radius 2 is 1.96 bits per heavy atom. The molecule has 1 aromatic rings. The second-order valence-corrected chi connectivity index (χ2v) is 7.02. The molecule has 1 fully saturated rings. The van der Waals surface area contributed by atoms with Crippen LogP contribution in [0, 0.1) is 5.92 Å². The van der Waals surface area contributed by atoms with Crippen molar-refractivity contribution in [2.45, 2.75) is 52.1 Å². The van der Waals surface area contributed by atoms with Crippen LogP contribution >= 0.6 is 0 Å². The van der Waals surface area contributed by atoms with Crippen LogP contribution in [0.5, 0.6) is 0 Å². The van der Waals surface area contributed by atoms with Crippen LogP contribution in [0.4, 0.5) is 4.79 Å². The quantitative estimate of drug-likeness (QED) is 0.841. The molecule has 5 nitrogen and oxygen atoms in total. The summed E-state index contributed by atoms with van der Waals surface area (Å²) in [5.74, 6) is 0.556. The molecule has 0 unspecified atom stereocenters. The largest absolute Gasteiger partial charge is 0.350 e. The van der Waals surface area contributed by atoms with Crippen LogP contribution in [0.15, 0.2) is 24.3 Å². The normalized spacial score (nSPS) is 14.7. The number of urea groups is 1. The van der Waals surface area contributed by atoms with Crippen molar-refractivity contribution in [1.82, 2.24) is 15.5 Å². The Labute approximate surface area is 144 Å². The molecule has 3 amide bonds. The molecule has 5 heteroatoms. The molecule has 1 saturated carbocycles. The topological polar surface area (TPSA) is 61.4 Å². The number of nitrogens with zero attached hydrogens (tertiary/aromatic N) is 1. The summed E-state index contributed by atoms with van der Waals surface area (Å²) in [6, 6.07) is 7.43. The first-order valence-corrected chi connectivity index (χ1v) is 8.84. The molecule has 1 aromatic carbocycles. The minimum absolute atomic E-state index is 0.0565. The standard InChI is InChI=1S/C19H29N3O2/c1-14(2)21-18(23)17-10-6-9-16(11-17)12-20-19(24)22(3)13-15-7-4-5-8-15/h6,9-11,14-15H,4-5,7-8,12-13H2,1-3H3,(H,20,24)(H,21,23). The molecule has 24 heavy (non-hydrogen) atoms. The third-order valence-corrected chi connectivity index (χ3v) is 4.41. The molecule has 1 aliphatic rings. The van der Waals surface area contributed by atoms with E-state index in [2.05, 4.69) is 10.6 Å². The van der Waals surface area contributed by atoms with E-state index in [0.29, 0.717) is 18.0 Å². The van der Waals surface area contributed by atoms with Gasteiger partial charge in [-0.2, -0.15) is 0 Å². The summed E-state index contributed by atoms with van der Waals surface area (Å²) < 4.78 is 0. The minimum atomic E-state index is -0.0865. The van der Waals surface area contributed by atoms with Crippen molar-refractivity contribution in [2.24, 2.45) is 5.92 Å². The van der Waals surface area contributed by atoms with Gasteiger partial charge in [-0.25, -0.2) is 4.79 Å². The molecular formula is C19H29N3O2. The lowest BCUT2D eigenvalue weighted by Crippen LogP contribution is -2.39. The van der Waals surface area contributed by atoms with Gasteiger partial charge >= 0.3 is 6.03 Å². The summed E-state index contributed by atoms with van der Waals surface area (Å²) in [7, 11) is 1.85. The van der Waals surface area contributed by atoms with Crippen LogP contribution in [0.1, 0.15) is 55.5 Å². The van der Waals surface area contributed by atoms with Gasteiger partial charge < -0.3 is 15.5 Å². The predicted octanol–water partition coefficient (Wildman–Crippen LogP) is 3.16. The first-order chi connectivity index (χ1) is 11.5. The zero-order valence-electron chi connectivity index (χ0n) is 15.0. The first kappa shape index (κ1) is 18.3. The first-order valence-electron chi connectivity index (χ1n) is 8.84. The van der Waals surface area contributed by atoms with Gasteiger partial charge in [-0.3, -0.25) is 4.79 Å². The zero-order chi connectivity index (χ0) is 17.5. The summed E-state index contributed by atoms with van der Waals surface area (Å²) in [4.78, 5) is 26.0. The number of amides is 3. The van der Waals surface area contributed by atoms with Gasteiger partial charge in [0.05, 0.1) is 0 Å². The lowest BCUT2D eigenvalue weighted by molar-refractivity contribution is 0.0943. The van der Waals surface area contributed by atoms with E-state index in [9.17, 15) is 9.59 Å². The highest BCUT2D eigenvalue weighted by Crippen LogP contribution is 2.25. The van der Waals surface area contributed by atoms with Crippen molar-refractivity contribution in [1.29, 1.82) is 0 Å². The molecule has 0 radical (unpaired) electrons. The van der Waals surface area contributed by atoms with Crippen LogP contribution in [0.2, 0.25) is 0 Å². The fourth-order valence-electron chi connectivity index (χ4n) is 3.14. The SMILES string of the molecule is CC(C)NC(=O)c1cccc(CNC(=O)N(C)CC2CCCC2)c1. The maximum atomic E-state index is 12.2. The highest BCUT2D eigenvalue weighted by Gasteiger charge is 2.19. The fourth-order valence-corrected chi connectivity index (χ4v) is 3.14. The second kappa shape index (κ2) is 8.71. The number of benzene rings is 1. The van der Waals surface area contributed by atoms with E-state index < -0.39 is 0 Å². The molecule has 0 aliphatic heterocycles. The van der Waals surface area contributed by atoms with Crippen molar-refractivity contribution in [3.8, 4) is 0 Å². The molecular weight excluding hydrogens is 302 g/mol. The van der Waals surface area contributed by atoms with Crippen LogP contribution < -0.4 is 10.6 Å². The summed E-state index contributed by atoms with van der Waals surface area (Å²) in [5.41, 5.74) is 1.55. The van der Waals surface area contributed by atoms with Gasteiger partial charge in [-0.1, -0.05) is 25.0 Å². The van der Waals surface area contributed by atoms with Crippen LogP contribution in [-0.2, 0) is 6.54 Å². The van der Waals surface area contributed by atoms with E-state index in [1.165, 1.54) is 25.7 Å². The monoisotopic (exact) mass is 331 g/mol. The number of hydrogen-bond donors (Lipinski definition) is 2. The van der Waals surface area contributed by atoms with E-state index >= 15 is 0 Å². The molecule has 0 spiro atoms. The van der Waals surface area contributed by atoms with E-state index in [0.717, 1.165) is 12.1 Å². The number of hydrogen-bond acceptors (Lipinski definition) is 2. The number of nitrogens with one attached hydrogen (secondary N) is 2. The van der Waals surface area contributed by atoms with Crippen molar-refractivity contribution in [3.05, 3.63) is 35.4 Å². The molecule has 2 rings (SSSR count). The van der Waals surface area contributed by atoms with Crippen LogP contribution in [0.25, 0.3) is 0 Å². The van der Waals surface area contributed by atoms with Crippen molar-refractivity contribution in [3.63, 3.8) is 0 Å². The van der Waals surface area contributed by atoms with E-state index in [-0.39, 0.29) is 18.0 Å². The zero-order valence-corrected chi connectivity index (χ0v) is 15.0. The van der Waals surface area contributed by atoms with Crippen molar-refractivity contribution >= 4 is 11.9 Å². The highest BCUT2D eigenvalue weighted by molar-refractivity contribution is 5.94. The molecule has 1 aliphatic carbocycles. The van der Waals surface area contributed by atoms with Crippen molar-refractivity contribution < 1.29 is 9.59 Å². The number of carbonyl (C=O) groups excluding carboxylic acids is 2. The maximum absolute atomic E-state index is 12.2. The average Bonchev–Trinajstić information content (AvgIpc) is 3.05. The van der Waals surface area contributed by atoms with Gasteiger partial charge in [0, 0.05) is 31.7 Å². The second-order valence-electron chi connectivity index (χ2n) is 7.02. The van der Waals surface area contributed by atoms with E-state index in [1.807, 2.05) is 39.1 Å². The highest BCUT2D eigenvalue weighted by atomic mass is 16.2. The lowest BCUT2D eigenvalue weighted by Gasteiger charge is -2.21. The Bertz CT molecular complexity index is 565. The van der Waals surface area contributed by atoms with Gasteiger partial charge in [0.25, 0.3) is 5.91 Å². The Kier molecular flexibility index (Phi) is 6.64. The molecule has 0 heterocycles. The molecule has 2 N–H and O–H groups in total. The van der Waals surface area contributed by atoms with Gasteiger partial charge in [0.1, 0.15) is 0 Å². The minimum Gasteiger partial charge on any atom is -0.350 e. The molecule has 0 aromatic heterocycles. The van der Waals surface area contributed by atoms with Gasteiger partial charge in [-0.15, -0.1) is 0 Å². The van der Waals surface area contributed by atoms with Crippen molar-refractivity contribution in [2.75, 3.05) is 13.6 Å². The summed E-state index contributed by atoms with van der Waals surface area (Å²) in [5, 5.41) is 5.81. The predicted molar refractivity (Wildman–Crippen MR) is 95.9 cm³/mol. The smallest absolute Gasteiger partial charge is 0.317 e. The lowest BCUT2D eigenvalue weighted by atomic mass is 10.1. The Hall–Kier alpha value is -2.04. The maximum Gasteiger partial charge on any atom is 0.317 e. The molecule has 0 bridgehead atoms. The van der Waals surface area contributed by atoms with Gasteiger partial charge in [-0.05, 0) is 50.3 Å².